The predicted octanol–water partition coefficient (Wildman–Crippen LogP) is 4.50. The number of hydrogen-bond acceptors (Lipinski definition) is 2. The summed E-state index contributed by atoms with van der Waals surface area (Å²) in [5.41, 5.74) is 9.69. The molecule has 0 aromatic heterocycles. The van der Waals surface area contributed by atoms with Crippen molar-refractivity contribution in [2.45, 2.75) is 13.5 Å². The quantitative estimate of drug-likeness (QED) is 0.813. The lowest BCUT2D eigenvalue weighted by Gasteiger charge is -2.11. The molecule has 2 rings (SSSR count). The summed E-state index contributed by atoms with van der Waals surface area (Å²) in [6.45, 7) is 2.76. The first-order valence-corrected chi connectivity index (χ1v) is 6.36. The predicted molar refractivity (Wildman–Crippen MR) is 79.4 cm³/mol. The Morgan fingerprint density at radius 1 is 1.06 bits per heavy atom. The van der Waals surface area contributed by atoms with Gasteiger partial charge in [0.2, 0.25) is 0 Å². The average Bonchev–Trinajstić information content (AvgIpc) is 2.34. The highest BCUT2D eigenvalue weighted by Crippen LogP contribution is 2.30. The van der Waals surface area contributed by atoms with Gasteiger partial charge in [-0.05, 0) is 24.6 Å². The molecule has 0 heterocycles. The van der Waals surface area contributed by atoms with Gasteiger partial charge >= 0.3 is 0 Å². The normalized spacial score (nSPS) is 10.4. The Morgan fingerprint density at radius 3 is 2.33 bits per heavy atom. The van der Waals surface area contributed by atoms with Crippen molar-refractivity contribution in [3.05, 3.63) is 57.6 Å². The van der Waals surface area contributed by atoms with Gasteiger partial charge in [0.1, 0.15) is 0 Å². The summed E-state index contributed by atoms with van der Waals surface area (Å²) in [6.07, 6.45) is 0. The first kappa shape index (κ1) is 13.1. The minimum atomic E-state index is 0.468. The molecule has 0 spiro atoms. The Bertz CT molecular complexity index is 550. The average molecular weight is 281 g/mol. The molecule has 0 aliphatic carbocycles. The molecule has 0 saturated heterocycles. The molecule has 18 heavy (non-hydrogen) atoms. The molecule has 0 saturated carbocycles. The van der Waals surface area contributed by atoms with Crippen LogP contribution in [-0.4, -0.2) is 0 Å². The molecule has 4 heteroatoms. The Morgan fingerprint density at radius 2 is 1.67 bits per heavy atom. The zero-order chi connectivity index (χ0) is 13.1. The van der Waals surface area contributed by atoms with E-state index in [0.29, 0.717) is 22.3 Å². The van der Waals surface area contributed by atoms with E-state index in [1.165, 1.54) is 11.1 Å². The monoisotopic (exact) mass is 280 g/mol. The fourth-order valence-corrected chi connectivity index (χ4v) is 1.95. The molecule has 0 amide bonds. The van der Waals surface area contributed by atoms with E-state index in [4.69, 9.17) is 28.9 Å². The van der Waals surface area contributed by atoms with Crippen molar-refractivity contribution < 1.29 is 0 Å². The number of halogens is 2. The van der Waals surface area contributed by atoms with Gasteiger partial charge in [0.25, 0.3) is 0 Å². The summed E-state index contributed by atoms with van der Waals surface area (Å²) in [5, 5.41) is 4.21. The molecule has 94 valence electrons. The van der Waals surface area contributed by atoms with Crippen LogP contribution < -0.4 is 11.1 Å². The maximum absolute atomic E-state index is 5.96. The number of nitrogen functional groups attached to an aromatic ring is 1. The summed E-state index contributed by atoms with van der Waals surface area (Å²) >= 11 is 11.8. The van der Waals surface area contributed by atoms with Crippen LogP contribution in [0.2, 0.25) is 10.0 Å². The molecule has 2 aromatic carbocycles. The molecule has 2 aromatic rings. The number of nitrogens with one attached hydrogen (secondary N) is 1. The summed E-state index contributed by atoms with van der Waals surface area (Å²) in [4.78, 5) is 0. The van der Waals surface area contributed by atoms with Crippen molar-refractivity contribution in [2.75, 3.05) is 11.1 Å². The molecule has 3 N–H and O–H groups in total. The van der Waals surface area contributed by atoms with E-state index in [9.17, 15) is 0 Å². The second-order valence-electron chi connectivity index (χ2n) is 4.19. The Kier molecular flexibility index (Phi) is 4.00. The molecule has 0 atom stereocenters. The smallest absolute Gasteiger partial charge is 0.0614 e. The standard InChI is InChI=1S/C14H14Cl2N2/c1-9-2-4-10(5-3-9)8-18-14-7-12(16)11(15)6-13(14)17/h2-7,18H,8,17H2,1H3. The third-order valence-electron chi connectivity index (χ3n) is 2.70. The van der Waals surface area contributed by atoms with Crippen LogP contribution in [-0.2, 0) is 6.54 Å². The highest BCUT2D eigenvalue weighted by molar-refractivity contribution is 6.42. The van der Waals surface area contributed by atoms with Crippen LogP contribution in [0.25, 0.3) is 0 Å². The summed E-state index contributed by atoms with van der Waals surface area (Å²) < 4.78 is 0. The van der Waals surface area contributed by atoms with Crippen molar-refractivity contribution in [3.63, 3.8) is 0 Å². The van der Waals surface area contributed by atoms with Crippen LogP contribution in [0.5, 0.6) is 0 Å². The van der Waals surface area contributed by atoms with Crippen molar-refractivity contribution in [2.24, 2.45) is 0 Å². The Balaban J connectivity index is 2.10. The topological polar surface area (TPSA) is 38.0 Å². The van der Waals surface area contributed by atoms with Crippen LogP contribution in [0.15, 0.2) is 36.4 Å². The zero-order valence-electron chi connectivity index (χ0n) is 10.0. The van der Waals surface area contributed by atoms with Crippen molar-refractivity contribution >= 4 is 34.6 Å². The maximum atomic E-state index is 5.96. The zero-order valence-corrected chi connectivity index (χ0v) is 11.5. The van der Waals surface area contributed by atoms with Crippen LogP contribution >= 0.6 is 23.2 Å². The highest BCUT2D eigenvalue weighted by atomic mass is 35.5. The Hall–Kier alpha value is -1.38. The van der Waals surface area contributed by atoms with E-state index in [1.54, 1.807) is 12.1 Å². The molecule has 0 bridgehead atoms. The molecule has 0 unspecified atom stereocenters. The van der Waals surface area contributed by atoms with Crippen LogP contribution in [0.3, 0.4) is 0 Å². The number of nitrogens with two attached hydrogens (primary N) is 1. The van der Waals surface area contributed by atoms with Gasteiger partial charge in [0, 0.05) is 6.54 Å². The molecular formula is C14H14Cl2N2. The highest BCUT2D eigenvalue weighted by Gasteiger charge is 2.04. The first-order chi connectivity index (χ1) is 8.56. The molecule has 0 aliphatic rings. The third kappa shape index (κ3) is 3.09. The van der Waals surface area contributed by atoms with Gasteiger partial charge < -0.3 is 11.1 Å². The maximum Gasteiger partial charge on any atom is 0.0614 e. The second-order valence-corrected chi connectivity index (χ2v) is 5.01. The number of rotatable bonds is 3. The number of hydrogen-bond donors (Lipinski definition) is 2. The number of aryl methyl sites for hydroxylation is 1. The minimum Gasteiger partial charge on any atom is -0.397 e. The molecule has 2 nitrogen and oxygen atoms in total. The number of anilines is 2. The molecular weight excluding hydrogens is 267 g/mol. The minimum absolute atomic E-state index is 0.468. The van der Waals surface area contributed by atoms with E-state index >= 15 is 0 Å². The van der Waals surface area contributed by atoms with Gasteiger partial charge in [-0.25, -0.2) is 0 Å². The number of benzene rings is 2. The van der Waals surface area contributed by atoms with Gasteiger partial charge in [-0.15, -0.1) is 0 Å². The fraction of sp³-hybridized carbons (Fsp3) is 0.143. The SMILES string of the molecule is Cc1ccc(CNc2cc(Cl)c(Cl)cc2N)cc1. The lowest BCUT2D eigenvalue weighted by atomic mass is 10.1. The lowest BCUT2D eigenvalue weighted by molar-refractivity contribution is 1.15. The second kappa shape index (κ2) is 5.51. The van der Waals surface area contributed by atoms with E-state index < -0.39 is 0 Å². The lowest BCUT2D eigenvalue weighted by Crippen LogP contribution is -2.02. The third-order valence-corrected chi connectivity index (χ3v) is 3.42. The van der Waals surface area contributed by atoms with Crippen molar-refractivity contribution in [1.82, 2.24) is 0 Å². The summed E-state index contributed by atoms with van der Waals surface area (Å²) in [6, 6.07) is 11.7. The molecule has 0 fully saturated rings. The van der Waals surface area contributed by atoms with Crippen LogP contribution in [0, 0.1) is 6.92 Å². The van der Waals surface area contributed by atoms with Gasteiger partial charge in [-0.1, -0.05) is 53.0 Å². The first-order valence-electron chi connectivity index (χ1n) is 5.60. The van der Waals surface area contributed by atoms with E-state index in [0.717, 1.165) is 5.69 Å². The van der Waals surface area contributed by atoms with Gasteiger partial charge in [-0.2, -0.15) is 0 Å². The van der Waals surface area contributed by atoms with Crippen LogP contribution in [0.1, 0.15) is 11.1 Å². The van der Waals surface area contributed by atoms with Gasteiger partial charge in [-0.3, -0.25) is 0 Å². The summed E-state index contributed by atoms with van der Waals surface area (Å²) in [5.74, 6) is 0. The largest absolute Gasteiger partial charge is 0.397 e. The van der Waals surface area contributed by atoms with E-state index in [1.807, 2.05) is 0 Å². The molecule has 0 radical (unpaired) electrons. The van der Waals surface area contributed by atoms with Crippen molar-refractivity contribution in [1.29, 1.82) is 0 Å². The summed E-state index contributed by atoms with van der Waals surface area (Å²) in [7, 11) is 0. The van der Waals surface area contributed by atoms with E-state index in [-0.39, 0.29) is 0 Å². The fourth-order valence-electron chi connectivity index (χ4n) is 1.62. The van der Waals surface area contributed by atoms with Gasteiger partial charge in [0.15, 0.2) is 0 Å². The van der Waals surface area contributed by atoms with Crippen molar-refractivity contribution in [3.8, 4) is 0 Å². The Labute approximate surface area is 117 Å². The van der Waals surface area contributed by atoms with Crippen LogP contribution in [0.4, 0.5) is 11.4 Å². The van der Waals surface area contributed by atoms with Gasteiger partial charge in [0.05, 0.1) is 21.4 Å². The van der Waals surface area contributed by atoms with E-state index in [2.05, 4.69) is 36.5 Å². The molecule has 0 aliphatic heterocycles.